The van der Waals surface area contributed by atoms with Gasteiger partial charge in [0, 0.05) is 18.2 Å². The lowest BCUT2D eigenvalue weighted by Gasteiger charge is -2.18. The van der Waals surface area contributed by atoms with Crippen molar-refractivity contribution in [3.05, 3.63) is 77.5 Å². The third-order valence-corrected chi connectivity index (χ3v) is 4.11. The maximum atomic E-state index is 12.4. The number of aromatic nitrogens is 1. The van der Waals surface area contributed by atoms with E-state index in [1.54, 1.807) is 6.07 Å². The second kappa shape index (κ2) is 9.12. The minimum Gasteiger partial charge on any atom is -0.394 e. The topological polar surface area (TPSA) is 84.6 Å². The summed E-state index contributed by atoms with van der Waals surface area (Å²) < 4.78 is 10.9. The van der Waals surface area contributed by atoms with Crippen molar-refractivity contribution in [3.8, 4) is 11.3 Å². The summed E-state index contributed by atoms with van der Waals surface area (Å²) in [4.78, 5) is 12.4. The maximum Gasteiger partial charge on any atom is 0.273 e. The molecular weight excluding hydrogens is 344 g/mol. The summed E-state index contributed by atoms with van der Waals surface area (Å²) in [5.74, 6) is 0.193. The monoisotopic (exact) mass is 366 g/mol. The van der Waals surface area contributed by atoms with Gasteiger partial charge in [0.1, 0.15) is 0 Å². The van der Waals surface area contributed by atoms with Crippen molar-refractivity contribution >= 4 is 5.91 Å². The number of carbonyl (C=O) groups is 1. The molecule has 140 valence electrons. The summed E-state index contributed by atoms with van der Waals surface area (Å²) in [7, 11) is 0. The van der Waals surface area contributed by atoms with E-state index in [9.17, 15) is 4.79 Å². The predicted molar refractivity (Wildman–Crippen MR) is 101 cm³/mol. The van der Waals surface area contributed by atoms with Gasteiger partial charge in [-0.3, -0.25) is 4.79 Å². The van der Waals surface area contributed by atoms with Crippen molar-refractivity contribution in [1.82, 2.24) is 10.5 Å². The van der Waals surface area contributed by atoms with Crippen LogP contribution in [0.25, 0.3) is 11.3 Å². The second-order valence-electron chi connectivity index (χ2n) is 6.15. The van der Waals surface area contributed by atoms with E-state index in [4.69, 9.17) is 14.4 Å². The Morgan fingerprint density at radius 1 is 1.19 bits per heavy atom. The number of amides is 1. The number of hydrogen-bond acceptors (Lipinski definition) is 5. The van der Waals surface area contributed by atoms with Gasteiger partial charge in [0.15, 0.2) is 11.5 Å². The molecule has 1 amide bonds. The van der Waals surface area contributed by atoms with E-state index in [0.717, 1.165) is 16.7 Å². The van der Waals surface area contributed by atoms with Gasteiger partial charge in [-0.1, -0.05) is 65.3 Å². The lowest BCUT2D eigenvalue weighted by Crippen LogP contribution is -2.30. The molecule has 1 heterocycles. The molecule has 0 unspecified atom stereocenters. The van der Waals surface area contributed by atoms with Crippen LogP contribution >= 0.6 is 0 Å². The van der Waals surface area contributed by atoms with Crippen LogP contribution in [0.15, 0.2) is 65.2 Å². The Morgan fingerprint density at radius 2 is 1.93 bits per heavy atom. The first-order valence-electron chi connectivity index (χ1n) is 8.76. The molecule has 0 aliphatic carbocycles. The molecule has 0 bridgehead atoms. The van der Waals surface area contributed by atoms with E-state index in [1.165, 1.54) is 0 Å². The maximum absolute atomic E-state index is 12.4. The smallest absolute Gasteiger partial charge is 0.273 e. The van der Waals surface area contributed by atoms with Crippen molar-refractivity contribution in [1.29, 1.82) is 0 Å². The van der Waals surface area contributed by atoms with Gasteiger partial charge < -0.3 is 19.7 Å². The normalized spacial score (nSPS) is 11.9. The molecule has 1 aromatic heterocycles. The van der Waals surface area contributed by atoms with E-state index in [2.05, 4.69) is 10.5 Å². The number of nitrogens with one attached hydrogen (secondary N) is 1. The zero-order valence-electron chi connectivity index (χ0n) is 15.1. The SMILES string of the molecule is Cc1ccc([C@H](CNC(=O)c2cc(-c3ccccc3)on2)OCCO)cc1. The van der Waals surface area contributed by atoms with E-state index in [1.807, 2.05) is 61.5 Å². The fourth-order valence-electron chi connectivity index (χ4n) is 2.65. The number of aryl methyl sites for hydroxylation is 1. The van der Waals surface area contributed by atoms with E-state index in [-0.39, 0.29) is 37.5 Å². The minimum absolute atomic E-state index is 0.0833. The van der Waals surface area contributed by atoms with Crippen LogP contribution in [0.2, 0.25) is 0 Å². The molecule has 6 nitrogen and oxygen atoms in total. The van der Waals surface area contributed by atoms with Gasteiger partial charge in [-0.2, -0.15) is 0 Å². The van der Waals surface area contributed by atoms with E-state index >= 15 is 0 Å². The molecule has 2 N–H and O–H groups in total. The first-order valence-corrected chi connectivity index (χ1v) is 8.76. The molecule has 27 heavy (non-hydrogen) atoms. The second-order valence-corrected chi connectivity index (χ2v) is 6.15. The Balaban J connectivity index is 1.65. The Bertz CT molecular complexity index is 859. The first-order chi connectivity index (χ1) is 13.2. The number of nitrogens with zero attached hydrogens (tertiary/aromatic N) is 1. The highest BCUT2D eigenvalue weighted by Gasteiger charge is 2.17. The molecule has 0 aliphatic rings. The lowest BCUT2D eigenvalue weighted by atomic mass is 10.1. The Labute approximate surface area is 157 Å². The van der Waals surface area contributed by atoms with Crippen LogP contribution in [0, 0.1) is 6.92 Å². The standard InChI is InChI=1S/C21H22N2O4/c1-15-7-9-17(10-8-15)20(26-12-11-24)14-22-21(25)18-13-19(27-23-18)16-5-3-2-4-6-16/h2-10,13,20,24H,11-12,14H2,1H3,(H,22,25)/t20-/m0/s1. The highest BCUT2D eigenvalue weighted by Crippen LogP contribution is 2.20. The van der Waals surface area contributed by atoms with Crippen LogP contribution in [0.4, 0.5) is 0 Å². The summed E-state index contributed by atoms with van der Waals surface area (Å²) in [6.07, 6.45) is -0.359. The number of rotatable bonds is 8. The third kappa shape index (κ3) is 5.03. The van der Waals surface area contributed by atoms with Gasteiger partial charge in [0.05, 0.1) is 19.3 Å². The Morgan fingerprint density at radius 3 is 2.63 bits per heavy atom. The van der Waals surface area contributed by atoms with Crippen LogP contribution in [0.5, 0.6) is 0 Å². The molecule has 1 atom stereocenters. The average Bonchev–Trinajstić information content (AvgIpc) is 3.20. The van der Waals surface area contributed by atoms with Gasteiger partial charge in [-0.15, -0.1) is 0 Å². The van der Waals surface area contributed by atoms with Crippen molar-refractivity contribution in [2.24, 2.45) is 0 Å². The summed E-state index contributed by atoms with van der Waals surface area (Å²) in [5, 5.41) is 15.7. The highest BCUT2D eigenvalue weighted by atomic mass is 16.5. The molecule has 0 saturated carbocycles. The molecule has 3 aromatic rings. The van der Waals surface area contributed by atoms with Crippen LogP contribution < -0.4 is 5.32 Å². The summed E-state index contributed by atoms with van der Waals surface area (Å²) >= 11 is 0. The van der Waals surface area contributed by atoms with Crippen LogP contribution in [0.1, 0.15) is 27.7 Å². The Kier molecular flexibility index (Phi) is 6.35. The zero-order chi connectivity index (χ0) is 19.1. The van der Waals surface area contributed by atoms with Gasteiger partial charge in [0.25, 0.3) is 5.91 Å². The van der Waals surface area contributed by atoms with E-state index < -0.39 is 0 Å². The average molecular weight is 366 g/mol. The molecule has 0 saturated heterocycles. The zero-order valence-corrected chi connectivity index (χ0v) is 15.1. The molecule has 6 heteroatoms. The van der Waals surface area contributed by atoms with Crippen molar-refractivity contribution < 1.29 is 19.2 Å². The molecular formula is C21H22N2O4. The van der Waals surface area contributed by atoms with Crippen LogP contribution in [-0.2, 0) is 4.74 Å². The highest BCUT2D eigenvalue weighted by molar-refractivity contribution is 5.93. The van der Waals surface area contributed by atoms with Crippen LogP contribution in [0.3, 0.4) is 0 Å². The number of ether oxygens (including phenoxy) is 1. The fourth-order valence-corrected chi connectivity index (χ4v) is 2.65. The molecule has 0 aliphatic heterocycles. The molecule has 2 aromatic carbocycles. The third-order valence-electron chi connectivity index (χ3n) is 4.11. The number of carbonyl (C=O) groups excluding carboxylic acids is 1. The number of hydrogen-bond donors (Lipinski definition) is 2. The van der Waals surface area contributed by atoms with Gasteiger partial charge >= 0.3 is 0 Å². The Hall–Kier alpha value is -2.96. The van der Waals surface area contributed by atoms with Crippen molar-refractivity contribution in [2.75, 3.05) is 19.8 Å². The van der Waals surface area contributed by atoms with Gasteiger partial charge in [-0.05, 0) is 12.5 Å². The molecule has 0 fully saturated rings. The summed E-state index contributed by atoms with van der Waals surface area (Å²) in [5.41, 5.74) is 3.13. The first kappa shape index (κ1) is 18.8. The largest absolute Gasteiger partial charge is 0.394 e. The summed E-state index contributed by atoms with van der Waals surface area (Å²) in [6.45, 7) is 2.37. The predicted octanol–water partition coefficient (Wildman–Crippen LogP) is 3.13. The molecule has 0 radical (unpaired) electrons. The van der Waals surface area contributed by atoms with Crippen LogP contribution in [-0.4, -0.2) is 35.9 Å². The lowest BCUT2D eigenvalue weighted by molar-refractivity contribution is 0.0276. The summed E-state index contributed by atoms with van der Waals surface area (Å²) in [6, 6.07) is 18.9. The molecule has 3 rings (SSSR count). The molecule has 0 spiro atoms. The fraction of sp³-hybridized carbons (Fsp3) is 0.238. The van der Waals surface area contributed by atoms with Gasteiger partial charge in [0.2, 0.25) is 0 Å². The van der Waals surface area contributed by atoms with Gasteiger partial charge in [-0.25, -0.2) is 0 Å². The number of benzene rings is 2. The van der Waals surface area contributed by atoms with Crippen molar-refractivity contribution in [3.63, 3.8) is 0 Å². The number of aliphatic hydroxyl groups excluding tert-OH is 1. The number of aliphatic hydroxyl groups is 1. The van der Waals surface area contributed by atoms with E-state index in [0.29, 0.717) is 5.76 Å². The minimum atomic E-state index is -0.359. The quantitative estimate of drug-likeness (QED) is 0.640. The van der Waals surface area contributed by atoms with Crippen molar-refractivity contribution in [2.45, 2.75) is 13.0 Å².